The molecular formula is C10H16N4O3S. The number of nitrogen functional groups attached to an aromatic ring is 1. The number of aromatic nitrogens is 1. The van der Waals surface area contributed by atoms with Crippen molar-refractivity contribution >= 4 is 21.6 Å². The van der Waals surface area contributed by atoms with Gasteiger partial charge in [-0.2, -0.15) is 0 Å². The third-order valence-electron chi connectivity index (χ3n) is 2.30. The molecule has 3 N–H and O–H groups in total. The van der Waals surface area contributed by atoms with E-state index < -0.39 is 15.9 Å². The maximum absolute atomic E-state index is 11.7. The lowest BCUT2D eigenvalue weighted by atomic mass is 10.2. The van der Waals surface area contributed by atoms with E-state index in [1.54, 1.807) is 0 Å². The summed E-state index contributed by atoms with van der Waals surface area (Å²) in [7, 11) is -0.433. The van der Waals surface area contributed by atoms with Crippen molar-refractivity contribution in [3.63, 3.8) is 0 Å². The van der Waals surface area contributed by atoms with Crippen LogP contribution in [0, 0.1) is 0 Å². The second-order valence-corrected chi connectivity index (χ2v) is 6.12. The van der Waals surface area contributed by atoms with Crippen LogP contribution in [-0.4, -0.2) is 50.0 Å². The molecule has 0 aliphatic carbocycles. The van der Waals surface area contributed by atoms with Crippen LogP contribution in [0.4, 0.5) is 5.69 Å². The standard InChI is InChI=1S/C10H16N4O3S/c1-14(2)18(16,17)6-5-13-10(15)8-7-12-4-3-9(8)11/h3-4,7H,5-6H2,1-2H3,(H2,11,12)(H,13,15). The third-order valence-corrected chi connectivity index (χ3v) is 4.13. The van der Waals surface area contributed by atoms with Crippen LogP contribution in [0.2, 0.25) is 0 Å². The zero-order valence-corrected chi connectivity index (χ0v) is 11.1. The van der Waals surface area contributed by atoms with E-state index in [4.69, 9.17) is 5.73 Å². The number of carbonyl (C=O) groups excluding carboxylic acids is 1. The number of hydrogen-bond donors (Lipinski definition) is 2. The SMILES string of the molecule is CN(C)S(=O)(=O)CCNC(=O)c1cnccc1N. The van der Waals surface area contributed by atoms with E-state index >= 15 is 0 Å². The van der Waals surface area contributed by atoms with Gasteiger partial charge in [0.05, 0.1) is 11.3 Å². The van der Waals surface area contributed by atoms with Gasteiger partial charge in [-0.3, -0.25) is 9.78 Å². The Morgan fingerprint density at radius 2 is 2.17 bits per heavy atom. The molecule has 0 saturated carbocycles. The Balaban J connectivity index is 2.56. The molecule has 100 valence electrons. The second-order valence-electron chi connectivity index (χ2n) is 3.82. The van der Waals surface area contributed by atoms with Gasteiger partial charge in [-0.15, -0.1) is 0 Å². The number of nitrogens with two attached hydrogens (primary N) is 1. The smallest absolute Gasteiger partial charge is 0.254 e. The molecule has 8 heteroatoms. The van der Waals surface area contributed by atoms with E-state index in [1.165, 1.54) is 32.6 Å². The summed E-state index contributed by atoms with van der Waals surface area (Å²) in [4.78, 5) is 15.5. The average molecular weight is 272 g/mol. The van der Waals surface area contributed by atoms with Crippen molar-refractivity contribution in [1.29, 1.82) is 0 Å². The maximum atomic E-state index is 11.7. The van der Waals surface area contributed by atoms with Crippen LogP contribution in [0.25, 0.3) is 0 Å². The van der Waals surface area contributed by atoms with Crippen LogP contribution in [0.15, 0.2) is 18.5 Å². The van der Waals surface area contributed by atoms with Gasteiger partial charge in [0.2, 0.25) is 10.0 Å². The van der Waals surface area contributed by atoms with Crippen molar-refractivity contribution in [3.8, 4) is 0 Å². The summed E-state index contributed by atoms with van der Waals surface area (Å²) in [6.45, 7) is 0.0215. The van der Waals surface area contributed by atoms with Crippen LogP contribution in [0.3, 0.4) is 0 Å². The van der Waals surface area contributed by atoms with E-state index in [-0.39, 0.29) is 17.9 Å². The number of nitrogens with zero attached hydrogens (tertiary/aromatic N) is 2. The van der Waals surface area contributed by atoms with Gasteiger partial charge in [0, 0.05) is 38.7 Å². The zero-order chi connectivity index (χ0) is 13.8. The lowest BCUT2D eigenvalue weighted by Gasteiger charge is -2.11. The first-order valence-corrected chi connectivity index (χ1v) is 6.83. The molecule has 0 spiro atoms. The Kier molecular flexibility index (Phi) is 4.62. The van der Waals surface area contributed by atoms with Crippen LogP contribution in [-0.2, 0) is 10.0 Å². The fourth-order valence-electron chi connectivity index (χ4n) is 1.17. The summed E-state index contributed by atoms with van der Waals surface area (Å²) < 4.78 is 24.0. The number of amides is 1. The topological polar surface area (TPSA) is 105 Å². The molecule has 0 aliphatic heterocycles. The summed E-state index contributed by atoms with van der Waals surface area (Å²) >= 11 is 0. The minimum absolute atomic E-state index is 0.0215. The highest BCUT2D eigenvalue weighted by molar-refractivity contribution is 7.89. The Bertz CT molecular complexity index is 528. The van der Waals surface area contributed by atoms with Gasteiger partial charge in [-0.05, 0) is 6.07 Å². The fraction of sp³-hybridized carbons (Fsp3) is 0.400. The molecule has 1 aromatic heterocycles. The lowest BCUT2D eigenvalue weighted by molar-refractivity contribution is 0.0956. The molecule has 0 atom stereocenters. The number of nitrogens with one attached hydrogen (secondary N) is 1. The molecule has 1 amide bonds. The van der Waals surface area contributed by atoms with Gasteiger partial charge >= 0.3 is 0 Å². The zero-order valence-electron chi connectivity index (χ0n) is 10.3. The highest BCUT2D eigenvalue weighted by Gasteiger charge is 2.15. The highest BCUT2D eigenvalue weighted by Crippen LogP contribution is 2.07. The average Bonchev–Trinajstić information content (AvgIpc) is 2.29. The Hall–Kier alpha value is -1.67. The molecule has 0 aromatic carbocycles. The minimum atomic E-state index is -3.31. The number of sulfonamides is 1. The van der Waals surface area contributed by atoms with Crippen LogP contribution in [0.5, 0.6) is 0 Å². The number of pyridine rings is 1. The number of anilines is 1. The molecule has 0 bridgehead atoms. The predicted molar refractivity (Wildman–Crippen MR) is 68.5 cm³/mol. The highest BCUT2D eigenvalue weighted by atomic mass is 32.2. The molecule has 0 unspecified atom stereocenters. The molecule has 0 saturated heterocycles. The van der Waals surface area contributed by atoms with Gasteiger partial charge in [0.1, 0.15) is 0 Å². The maximum Gasteiger partial charge on any atom is 0.254 e. The van der Waals surface area contributed by atoms with E-state index in [0.29, 0.717) is 5.69 Å². The second kappa shape index (κ2) is 5.78. The van der Waals surface area contributed by atoms with Crippen molar-refractivity contribution in [2.24, 2.45) is 0 Å². The fourth-order valence-corrected chi connectivity index (χ4v) is 1.89. The first-order valence-electron chi connectivity index (χ1n) is 5.22. The van der Waals surface area contributed by atoms with E-state index in [2.05, 4.69) is 10.3 Å². The summed E-state index contributed by atoms with van der Waals surface area (Å²) in [5, 5.41) is 2.49. The van der Waals surface area contributed by atoms with Gasteiger partial charge < -0.3 is 11.1 Å². The van der Waals surface area contributed by atoms with Gasteiger partial charge in [-0.25, -0.2) is 12.7 Å². The van der Waals surface area contributed by atoms with Gasteiger partial charge in [0.25, 0.3) is 5.91 Å². The molecule has 0 aliphatic rings. The normalized spacial score (nSPS) is 11.5. The van der Waals surface area contributed by atoms with Crippen molar-refractivity contribution in [3.05, 3.63) is 24.0 Å². The third kappa shape index (κ3) is 3.67. The Labute approximate surface area is 106 Å². The molecule has 0 radical (unpaired) electrons. The predicted octanol–water partition coefficient (Wildman–Crippen LogP) is -0.715. The van der Waals surface area contributed by atoms with Gasteiger partial charge in [-0.1, -0.05) is 0 Å². The molecule has 0 fully saturated rings. The first-order chi connectivity index (χ1) is 8.34. The molecule has 1 aromatic rings. The van der Waals surface area contributed by atoms with Crippen molar-refractivity contribution in [1.82, 2.24) is 14.6 Å². The molecule has 1 heterocycles. The van der Waals surface area contributed by atoms with Crippen LogP contribution < -0.4 is 11.1 Å². The monoisotopic (exact) mass is 272 g/mol. The number of carbonyl (C=O) groups is 1. The molecular weight excluding hydrogens is 256 g/mol. The first kappa shape index (κ1) is 14.4. The minimum Gasteiger partial charge on any atom is -0.398 e. The van der Waals surface area contributed by atoms with E-state index in [9.17, 15) is 13.2 Å². The number of rotatable bonds is 5. The molecule has 7 nitrogen and oxygen atoms in total. The molecule has 18 heavy (non-hydrogen) atoms. The summed E-state index contributed by atoms with van der Waals surface area (Å²) in [6, 6.07) is 1.51. The van der Waals surface area contributed by atoms with Crippen LogP contribution in [0.1, 0.15) is 10.4 Å². The van der Waals surface area contributed by atoms with Crippen LogP contribution >= 0.6 is 0 Å². The lowest BCUT2D eigenvalue weighted by Crippen LogP contribution is -2.34. The van der Waals surface area contributed by atoms with E-state index in [0.717, 1.165) is 4.31 Å². The Morgan fingerprint density at radius 3 is 2.72 bits per heavy atom. The number of hydrogen-bond acceptors (Lipinski definition) is 5. The summed E-state index contributed by atoms with van der Waals surface area (Å²) in [6.07, 6.45) is 2.81. The van der Waals surface area contributed by atoms with Crippen molar-refractivity contribution < 1.29 is 13.2 Å². The van der Waals surface area contributed by atoms with Crippen molar-refractivity contribution in [2.75, 3.05) is 32.1 Å². The quantitative estimate of drug-likeness (QED) is 0.736. The summed E-state index contributed by atoms with van der Waals surface area (Å²) in [5.41, 5.74) is 6.14. The van der Waals surface area contributed by atoms with Gasteiger partial charge in [0.15, 0.2) is 0 Å². The summed E-state index contributed by atoms with van der Waals surface area (Å²) in [5.74, 6) is -0.596. The molecule has 1 rings (SSSR count). The van der Waals surface area contributed by atoms with Crippen molar-refractivity contribution in [2.45, 2.75) is 0 Å². The Morgan fingerprint density at radius 1 is 1.50 bits per heavy atom. The largest absolute Gasteiger partial charge is 0.398 e. The van der Waals surface area contributed by atoms with E-state index in [1.807, 2.05) is 0 Å².